The summed E-state index contributed by atoms with van der Waals surface area (Å²) in [6.45, 7) is 9.57. The zero-order valence-electron chi connectivity index (χ0n) is 10.5. The second kappa shape index (κ2) is 5.83. The zero-order valence-corrected chi connectivity index (χ0v) is 10.5. The van der Waals surface area contributed by atoms with E-state index in [1.807, 2.05) is 6.92 Å². The average Bonchev–Trinajstić information content (AvgIpc) is 2.13. The monoisotopic (exact) mass is 214 g/mol. The number of aliphatic hydroxyl groups is 1. The molecule has 1 aliphatic rings. The predicted molar refractivity (Wildman–Crippen MR) is 63.9 cm³/mol. The number of piperidine rings is 1. The minimum atomic E-state index is -0.184. The van der Waals surface area contributed by atoms with Crippen LogP contribution in [0.5, 0.6) is 0 Å². The van der Waals surface area contributed by atoms with Crippen LogP contribution in [0.3, 0.4) is 0 Å². The molecule has 0 spiro atoms. The van der Waals surface area contributed by atoms with Crippen LogP contribution in [-0.4, -0.2) is 48.8 Å². The maximum absolute atomic E-state index is 9.64. The van der Waals surface area contributed by atoms with E-state index in [1.165, 1.54) is 0 Å². The first-order valence-corrected chi connectivity index (χ1v) is 6.09. The molecule has 3 nitrogen and oxygen atoms in total. The van der Waals surface area contributed by atoms with Gasteiger partial charge in [0.15, 0.2) is 0 Å². The van der Waals surface area contributed by atoms with Crippen molar-refractivity contribution in [1.29, 1.82) is 0 Å². The summed E-state index contributed by atoms with van der Waals surface area (Å²) in [5, 5.41) is 13.2. The van der Waals surface area contributed by atoms with E-state index in [1.54, 1.807) is 0 Å². The molecule has 0 bridgehead atoms. The molecule has 15 heavy (non-hydrogen) atoms. The molecule has 0 aromatic heterocycles. The Bertz CT molecular complexity index is 182. The summed E-state index contributed by atoms with van der Waals surface area (Å²) in [7, 11) is 2.14. The Hall–Kier alpha value is -0.120. The smallest absolute Gasteiger partial charge is 0.0553 e. The van der Waals surface area contributed by atoms with Gasteiger partial charge in [0.1, 0.15) is 0 Å². The van der Waals surface area contributed by atoms with Crippen LogP contribution in [0.2, 0.25) is 0 Å². The Morgan fingerprint density at radius 2 is 2.00 bits per heavy atom. The van der Waals surface area contributed by atoms with Crippen molar-refractivity contribution in [2.24, 2.45) is 11.8 Å². The first-order valence-electron chi connectivity index (χ1n) is 6.09. The third-order valence-electron chi connectivity index (χ3n) is 3.16. The summed E-state index contributed by atoms with van der Waals surface area (Å²) in [6, 6.07) is 0.547. The maximum atomic E-state index is 9.64. The number of likely N-dealkylation sites (N-methyl/N-ethyl adjacent to an activating group) is 1. The van der Waals surface area contributed by atoms with E-state index in [0.29, 0.717) is 17.9 Å². The molecule has 90 valence electrons. The topological polar surface area (TPSA) is 35.5 Å². The number of aliphatic hydroxyl groups excluding tert-OH is 1. The molecule has 1 rings (SSSR count). The Morgan fingerprint density at radius 1 is 1.33 bits per heavy atom. The lowest BCUT2D eigenvalue weighted by molar-refractivity contribution is 0.0579. The molecule has 3 atom stereocenters. The van der Waals surface area contributed by atoms with Gasteiger partial charge in [0.25, 0.3) is 0 Å². The molecule has 1 saturated heterocycles. The fourth-order valence-corrected chi connectivity index (χ4v) is 2.27. The van der Waals surface area contributed by atoms with Gasteiger partial charge in [-0.25, -0.2) is 0 Å². The van der Waals surface area contributed by atoms with Crippen molar-refractivity contribution in [2.45, 2.75) is 39.3 Å². The van der Waals surface area contributed by atoms with Gasteiger partial charge in [-0.05, 0) is 38.8 Å². The molecule has 0 aromatic carbocycles. The van der Waals surface area contributed by atoms with Crippen molar-refractivity contribution in [3.05, 3.63) is 0 Å². The van der Waals surface area contributed by atoms with Gasteiger partial charge >= 0.3 is 0 Å². The molecule has 0 aromatic rings. The second-order valence-corrected chi connectivity index (χ2v) is 5.46. The largest absolute Gasteiger partial charge is 0.393 e. The van der Waals surface area contributed by atoms with Gasteiger partial charge in [0, 0.05) is 19.1 Å². The number of nitrogens with zero attached hydrogens (tertiary/aromatic N) is 1. The van der Waals surface area contributed by atoms with Gasteiger partial charge in [0.2, 0.25) is 0 Å². The summed E-state index contributed by atoms with van der Waals surface area (Å²) in [5.74, 6) is 1.12. The van der Waals surface area contributed by atoms with Crippen molar-refractivity contribution in [2.75, 3.05) is 26.7 Å². The van der Waals surface area contributed by atoms with Crippen LogP contribution in [-0.2, 0) is 0 Å². The number of hydrogen-bond acceptors (Lipinski definition) is 3. The Labute approximate surface area is 93.9 Å². The Morgan fingerprint density at radius 3 is 2.53 bits per heavy atom. The zero-order chi connectivity index (χ0) is 11.4. The standard InChI is InChI=1S/C12H26N2O/c1-9(2)6-13-12-5-11(10(3)15)7-14(4)8-12/h9-13,15H,5-8H2,1-4H3. The molecule has 1 aliphatic heterocycles. The lowest BCUT2D eigenvalue weighted by Gasteiger charge is -2.37. The van der Waals surface area contributed by atoms with E-state index in [-0.39, 0.29) is 6.10 Å². The van der Waals surface area contributed by atoms with Crippen molar-refractivity contribution in [3.63, 3.8) is 0 Å². The predicted octanol–water partition coefficient (Wildman–Crippen LogP) is 0.933. The molecule has 0 aliphatic carbocycles. The van der Waals surface area contributed by atoms with Gasteiger partial charge < -0.3 is 15.3 Å². The molecule has 0 saturated carbocycles. The van der Waals surface area contributed by atoms with Gasteiger partial charge in [-0.2, -0.15) is 0 Å². The van der Waals surface area contributed by atoms with Gasteiger partial charge in [-0.3, -0.25) is 0 Å². The minimum absolute atomic E-state index is 0.184. The van der Waals surface area contributed by atoms with Crippen molar-refractivity contribution in [1.82, 2.24) is 10.2 Å². The average molecular weight is 214 g/mol. The van der Waals surface area contributed by atoms with Crippen LogP contribution in [0.4, 0.5) is 0 Å². The lowest BCUT2D eigenvalue weighted by atomic mass is 9.90. The maximum Gasteiger partial charge on any atom is 0.0553 e. The van der Waals surface area contributed by atoms with Crippen molar-refractivity contribution >= 4 is 0 Å². The number of likely N-dealkylation sites (tertiary alicyclic amines) is 1. The number of rotatable bonds is 4. The first kappa shape index (κ1) is 12.9. The van der Waals surface area contributed by atoms with E-state index < -0.39 is 0 Å². The minimum Gasteiger partial charge on any atom is -0.393 e. The third kappa shape index (κ3) is 4.49. The second-order valence-electron chi connectivity index (χ2n) is 5.46. The molecule has 0 radical (unpaired) electrons. The summed E-state index contributed by atoms with van der Waals surface area (Å²) >= 11 is 0. The highest BCUT2D eigenvalue weighted by molar-refractivity contribution is 4.84. The van der Waals surface area contributed by atoms with E-state index in [0.717, 1.165) is 26.1 Å². The number of hydrogen-bond donors (Lipinski definition) is 2. The van der Waals surface area contributed by atoms with E-state index in [4.69, 9.17) is 0 Å². The fourth-order valence-electron chi connectivity index (χ4n) is 2.27. The van der Waals surface area contributed by atoms with Crippen LogP contribution >= 0.6 is 0 Å². The molecule has 2 N–H and O–H groups in total. The fraction of sp³-hybridized carbons (Fsp3) is 1.00. The molecule has 3 unspecified atom stereocenters. The lowest BCUT2D eigenvalue weighted by Crippen LogP contribution is -2.50. The highest BCUT2D eigenvalue weighted by Gasteiger charge is 2.27. The van der Waals surface area contributed by atoms with Crippen LogP contribution < -0.4 is 5.32 Å². The van der Waals surface area contributed by atoms with Gasteiger partial charge in [-0.15, -0.1) is 0 Å². The molecule has 1 heterocycles. The highest BCUT2D eigenvalue weighted by Crippen LogP contribution is 2.19. The van der Waals surface area contributed by atoms with Crippen LogP contribution in [0, 0.1) is 11.8 Å². The molecule has 3 heteroatoms. The van der Waals surface area contributed by atoms with Crippen molar-refractivity contribution < 1.29 is 5.11 Å². The van der Waals surface area contributed by atoms with Crippen molar-refractivity contribution in [3.8, 4) is 0 Å². The SMILES string of the molecule is CC(C)CNC1CC(C(C)O)CN(C)C1. The van der Waals surface area contributed by atoms with Crippen LogP contribution in [0.25, 0.3) is 0 Å². The Balaban J connectivity index is 2.37. The quantitative estimate of drug-likeness (QED) is 0.731. The molecular formula is C12H26N2O. The first-order chi connectivity index (χ1) is 6.99. The summed E-state index contributed by atoms with van der Waals surface area (Å²) in [6.07, 6.45) is 0.922. The molecule has 1 fully saturated rings. The number of nitrogens with one attached hydrogen (secondary N) is 1. The normalized spacial score (nSPS) is 30.8. The summed E-state index contributed by atoms with van der Waals surface area (Å²) in [4.78, 5) is 2.32. The van der Waals surface area contributed by atoms with Crippen LogP contribution in [0.1, 0.15) is 27.2 Å². The van der Waals surface area contributed by atoms with Gasteiger partial charge in [-0.1, -0.05) is 13.8 Å². The highest BCUT2D eigenvalue weighted by atomic mass is 16.3. The van der Waals surface area contributed by atoms with E-state index in [9.17, 15) is 5.11 Å². The van der Waals surface area contributed by atoms with Gasteiger partial charge in [0.05, 0.1) is 6.10 Å². The van der Waals surface area contributed by atoms with E-state index in [2.05, 4.69) is 31.1 Å². The van der Waals surface area contributed by atoms with E-state index >= 15 is 0 Å². The summed E-state index contributed by atoms with van der Waals surface area (Å²) < 4.78 is 0. The molecular weight excluding hydrogens is 188 g/mol. The third-order valence-corrected chi connectivity index (χ3v) is 3.16. The Kier molecular flexibility index (Phi) is 5.03. The summed E-state index contributed by atoms with van der Waals surface area (Å²) in [5.41, 5.74) is 0. The molecule has 0 amide bonds. The van der Waals surface area contributed by atoms with Crippen LogP contribution in [0.15, 0.2) is 0 Å².